The number of aliphatic carboxylic acids is 1. The number of carboxylic acid groups (broad SMARTS) is 1. The third kappa shape index (κ3) is 3.01. The number of primary amides is 1. The molecule has 0 atom stereocenters. The lowest BCUT2D eigenvalue weighted by molar-refractivity contribution is -0.136. The number of hydrogen-bond acceptors (Lipinski definition) is 4. The lowest BCUT2D eigenvalue weighted by atomic mass is 10.1. The summed E-state index contributed by atoms with van der Waals surface area (Å²) in [5.74, 6) is -1.11. The van der Waals surface area contributed by atoms with Crippen LogP contribution in [0.2, 0.25) is 0 Å². The molecule has 0 radical (unpaired) electrons. The molecular weight excluding hydrogens is 210 g/mol. The van der Waals surface area contributed by atoms with Gasteiger partial charge in [-0.15, -0.1) is 0 Å². The summed E-state index contributed by atoms with van der Waals surface area (Å²) in [5.41, 5.74) is 6.76. The number of amides is 1. The van der Waals surface area contributed by atoms with Crippen LogP contribution >= 0.6 is 0 Å². The SMILES string of the molecule is Cc1nc(CC(N)=O)nc(C)c1CC(=O)O. The maximum Gasteiger partial charge on any atom is 0.307 e. The fourth-order valence-electron chi connectivity index (χ4n) is 1.45. The largest absolute Gasteiger partial charge is 0.481 e. The predicted octanol–water partition coefficient (Wildman–Crippen LogP) is -0.252. The molecule has 3 N–H and O–H groups in total. The van der Waals surface area contributed by atoms with Crippen LogP contribution in [0.4, 0.5) is 0 Å². The first-order chi connectivity index (χ1) is 7.40. The van der Waals surface area contributed by atoms with Gasteiger partial charge in [0.15, 0.2) is 0 Å². The van der Waals surface area contributed by atoms with Crippen molar-refractivity contribution in [1.29, 1.82) is 0 Å². The highest BCUT2D eigenvalue weighted by Gasteiger charge is 2.12. The molecule has 86 valence electrons. The molecule has 16 heavy (non-hydrogen) atoms. The van der Waals surface area contributed by atoms with Crippen LogP contribution < -0.4 is 5.73 Å². The molecule has 0 spiro atoms. The van der Waals surface area contributed by atoms with Crippen LogP contribution in [0.15, 0.2) is 0 Å². The maximum atomic E-state index is 10.7. The zero-order valence-electron chi connectivity index (χ0n) is 9.15. The van der Waals surface area contributed by atoms with Crippen molar-refractivity contribution in [2.75, 3.05) is 0 Å². The van der Waals surface area contributed by atoms with Gasteiger partial charge in [-0.25, -0.2) is 9.97 Å². The van der Waals surface area contributed by atoms with E-state index in [9.17, 15) is 9.59 Å². The highest BCUT2D eigenvalue weighted by molar-refractivity contribution is 5.75. The van der Waals surface area contributed by atoms with Gasteiger partial charge in [-0.3, -0.25) is 9.59 Å². The van der Waals surface area contributed by atoms with Crippen LogP contribution in [-0.4, -0.2) is 27.0 Å². The summed E-state index contributed by atoms with van der Waals surface area (Å²) in [6.45, 7) is 3.38. The fourth-order valence-corrected chi connectivity index (χ4v) is 1.45. The third-order valence-corrected chi connectivity index (χ3v) is 2.13. The molecule has 6 nitrogen and oxygen atoms in total. The highest BCUT2D eigenvalue weighted by atomic mass is 16.4. The Hall–Kier alpha value is -1.98. The lowest BCUT2D eigenvalue weighted by Crippen LogP contribution is -2.17. The normalized spacial score (nSPS) is 10.1. The van der Waals surface area contributed by atoms with Crippen molar-refractivity contribution in [2.45, 2.75) is 26.7 Å². The minimum absolute atomic E-state index is 0.0327. The minimum Gasteiger partial charge on any atom is -0.481 e. The summed E-state index contributed by atoms with van der Waals surface area (Å²) >= 11 is 0. The molecule has 0 fully saturated rings. The van der Waals surface area contributed by atoms with Gasteiger partial charge < -0.3 is 10.8 Å². The molecule has 0 aliphatic rings. The first-order valence-electron chi connectivity index (χ1n) is 4.73. The smallest absolute Gasteiger partial charge is 0.307 e. The van der Waals surface area contributed by atoms with Crippen LogP contribution in [0, 0.1) is 13.8 Å². The Morgan fingerprint density at radius 2 is 1.69 bits per heavy atom. The van der Waals surface area contributed by atoms with Gasteiger partial charge in [-0.2, -0.15) is 0 Å². The third-order valence-electron chi connectivity index (χ3n) is 2.13. The zero-order chi connectivity index (χ0) is 12.3. The second kappa shape index (κ2) is 4.69. The van der Waals surface area contributed by atoms with Gasteiger partial charge in [0.25, 0.3) is 0 Å². The van der Waals surface area contributed by atoms with E-state index in [1.807, 2.05) is 0 Å². The summed E-state index contributed by atoms with van der Waals surface area (Å²) in [6, 6.07) is 0. The second-order valence-electron chi connectivity index (χ2n) is 3.50. The Morgan fingerprint density at radius 3 is 2.06 bits per heavy atom. The van der Waals surface area contributed by atoms with Gasteiger partial charge in [0.05, 0.1) is 12.8 Å². The number of rotatable bonds is 4. The van der Waals surface area contributed by atoms with Crippen LogP contribution in [0.25, 0.3) is 0 Å². The minimum atomic E-state index is -0.933. The van der Waals surface area contributed by atoms with Gasteiger partial charge in [-0.05, 0) is 13.8 Å². The summed E-state index contributed by atoms with van der Waals surface area (Å²) in [7, 11) is 0. The highest BCUT2D eigenvalue weighted by Crippen LogP contribution is 2.11. The second-order valence-corrected chi connectivity index (χ2v) is 3.50. The van der Waals surface area contributed by atoms with Crippen molar-refractivity contribution in [3.8, 4) is 0 Å². The Labute approximate surface area is 92.5 Å². The Morgan fingerprint density at radius 1 is 1.19 bits per heavy atom. The van der Waals surface area contributed by atoms with Gasteiger partial charge in [0, 0.05) is 17.0 Å². The number of carbonyl (C=O) groups excluding carboxylic acids is 1. The quantitative estimate of drug-likeness (QED) is 0.731. The maximum absolute atomic E-state index is 10.7. The van der Waals surface area contributed by atoms with Crippen molar-refractivity contribution in [1.82, 2.24) is 9.97 Å². The molecule has 0 aromatic carbocycles. The Bertz CT molecular complexity index is 420. The van der Waals surface area contributed by atoms with Crippen LogP contribution in [0.3, 0.4) is 0 Å². The van der Waals surface area contributed by atoms with Crippen LogP contribution in [0.5, 0.6) is 0 Å². The van der Waals surface area contributed by atoms with E-state index in [2.05, 4.69) is 9.97 Å². The summed E-state index contributed by atoms with van der Waals surface area (Å²) in [4.78, 5) is 29.4. The Kier molecular flexibility index (Phi) is 3.55. The van der Waals surface area contributed by atoms with Gasteiger partial charge in [0.2, 0.25) is 5.91 Å². The van der Waals surface area contributed by atoms with Crippen molar-refractivity contribution in [2.24, 2.45) is 5.73 Å². The Balaban J connectivity index is 3.06. The van der Waals surface area contributed by atoms with Crippen LogP contribution in [0.1, 0.15) is 22.8 Å². The number of hydrogen-bond donors (Lipinski definition) is 2. The van der Waals surface area contributed by atoms with Crippen molar-refractivity contribution < 1.29 is 14.7 Å². The molecule has 0 saturated carbocycles. The van der Waals surface area contributed by atoms with E-state index in [0.717, 1.165) is 0 Å². The van der Waals surface area contributed by atoms with Gasteiger partial charge >= 0.3 is 5.97 Å². The zero-order valence-corrected chi connectivity index (χ0v) is 9.15. The summed E-state index contributed by atoms with van der Waals surface area (Å²) in [5, 5.41) is 8.70. The van der Waals surface area contributed by atoms with E-state index in [1.165, 1.54) is 0 Å². The molecule has 1 amide bonds. The van der Waals surface area contributed by atoms with E-state index >= 15 is 0 Å². The molecule has 1 aromatic rings. The van der Waals surface area contributed by atoms with E-state index in [0.29, 0.717) is 22.8 Å². The number of carbonyl (C=O) groups is 2. The number of nitrogens with zero attached hydrogens (tertiary/aromatic N) is 2. The first kappa shape index (κ1) is 12.1. The molecule has 1 rings (SSSR count). The molecule has 1 heterocycles. The number of nitrogens with two attached hydrogens (primary N) is 1. The number of carboxylic acids is 1. The molecule has 0 aliphatic carbocycles. The van der Waals surface area contributed by atoms with Crippen molar-refractivity contribution >= 4 is 11.9 Å². The summed E-state index contributed by atoms with van der Waals surface area (Å²) < 4.78 is 0. The van der Waals surface area contributed by atoms with E-state index in [-0.39, 0.29) is 12.8 Å². The first-order valence-corrected chi connectivity index (χ1v) is 4.73. The predicted molar refractivity (Wildman–Crippen MR) is 55.7 cm³/mol. The summed E-state index contributed by atoms with van der Waals surface area (Å²) in [6.07, 6.45) is -0.149. The van der Waals surface area contributed by atoms with E-state index in [1.54, 1.807) is 13.8 Å². The monoisotopic (exact) mass is 223 g/mol. The molecule has 0 saturated heterocycles. The van der Waals surface area contributed by atoms with E-state index in [4.69, 9.17) is 10.8 Å². The van der Waals surface area contributed by atoms with Gasteiger partial charge in [0.1, 0.15) is 5.82 Å². The topological polar surface area (TPSA) is 106 Å². The molecule has 1 aromatic heterocycles. The molecule has 6 heteroatoms. The number of aryl methyl sites for hydroxylation is 2. The molecular formula is C10H13N3O3. The molecule has 0 bridgehead atoms. The average Bonchev–Trinajstić information content (AvgIpc) is 2.10. The lowest BCUT2D eigenvalue weighted by Gasteiger charge is -2.08. The average molecular weight is 223 g/mol. The molecule has 0 aliphatic heterocycles. The van der Waals surface area contributed by atoms with Crippen LogP contribution in [-0.2, 0) is 22.4 Å². The van der Waals surface area contributed by atoms with Crippen molar-refractivity contribution in [3.05, 3.63) is 22.8 Å². The number of aromatic nitrogens is 2. The van der Waals surface area contributed by atoms with Crippen molar-refractivity contribution in [3.63, 3.8) is 0 Å². The fraction of sp³-hybridized carbons (Fsp3) is 0.400. The standard InChI is InChI=1S/C10H13N3O3/c1-5-7(3-10(15)16)6(2)13-9(12-5)4-8(11)14/h3-4H2,1-2H3,(H2,11,14)(H,15,16). The van der Waals surface area contributed by atoms with Gasteiger partial charge in [-0.1, -0.05) is 0 Å². The van der Waals surface area contributed by atoms with E-state index < -0.39 is 11.9 Å². The molecule has 0 unspecified atom stereocenters.